The number of carbonyl (C=O) groups excluding carboxylic acids is 1. The molecule has 0 bridgehead atoms. The van der Waals surface area contributed by atoms with Crippen LogP contribution < -0.4 is 5.32 Å². The molecule has 1 amide bonds. The second kappa shape index (κ2) is 7.73. The average molecular weight is 448 g/mol. The van der Waals surface area contributed by atoms with Crippen LogP contribution in [0.15, 0.2) is 30.5 Å². The Kier molecular flexibility index (Phi) is 5.32. The Bertz CT molecular complexity index is 1160. The van der Waals surface area contributed by atoms with Crippen LogP contribution in [-0.2, 0) is 25.4 Å². The Labute approximate surface area is 182 Å². The summed E-state index contributed by atoms with van der Waals surface area (Å²) in [6, 6.07) is 5.73. The lowest BCUT2D eigenvalue weighted by atomic mass is 10.0. The molecule has 3 aromatic heterocycles. The lowest BCUT2D eigenvalue weighted by Gasteiger charge is -2.24. The monoisotopic (exact) mass is 448 g/mol. The standard InChI is InChI=1S/C21H23F3N6O2/c1-20(2,32)17-9-12(6-7-25-17)14-10-15-13(5-4-8-30(15)27-14)26-19(31)16-11-18(21(22,23)24)28-29(16)3/h6-7,9-11,13,32H,4-5,8H2,1-3H3,(H,26,31). The van der Waals surface area contributed by atoms with Crippen molar-refractivity contribution in [2.75, 3.05) is 0 Å². The van der Waals surface area contributed by atoms with Gasteiger partial charge in [-0.25, -0.2) is 0 Å². The number of amides is 1. The molecular formula is C21H23F3N6O2. The molecule has 0 saturated heterocycles. The fraction of sp³-hybridized carbons (Fsp3) is 0.429. The predicted molar refractivity (Wildman–Crippen MR) is 108 cm³/mol. The van der Waals surface area contributed by atoms with Crippen molar-refractivity contribution >= 4 is 5.91 Å². The predicted octanol–water partition coefficient (Wildman–Crippen LogP) is 3.19. The first-order valence-corrected chi connectivity index (χ1v) is 10.1. The molecule has 1 unspecified atom stereocenters. The maximum absolute atomic E-state index is 12.9. The minimum absolute atomic E-state index is 0.168. The Balaban J connectivity index is 1.60. The van der Waals surface area contributed by atoms with Crippen molar-refractivity contribution in [2.45, 2.75) is 51.1 Å². The Hall–Kier alpha value is -3.21. The zero-order chi connectivity index (χ0) is 23.3. The molecule has 8 nitrogen and oxygen atoms in total. The second-order valence-corrected chi connectivity index (χ2v) is 8.37. The number of nitrogens with one attached hydrogen (secondary N) is 1. The van der Waals surface area contributed by atoms with Crippen LogP contribution in [0.4, 0.5) is 13.2 Å². The van der Waals surface area contributed by atoms with E-state index in [1.54, 1.807) is 36.9 Å². The number of aliphatic hydroxyl groups is 1. The molecule has 1 aliphatic rings. The summed E-state index contributed by atoms with van der Waals surface area (Å²) < 4.78 is 41.5. The number of alkyl halides is 3. The number of hydrogen-bond acceptors (Lipinski definition) is 5. The molecule has 0 saturated carbocycles. The number of halogens is 3. The summed E-state index contributed by atoms with van der Waals surface area (Å²) in [5.74, 6) is -0.634. The van der Waals surface area contributed by atoms with Crippen LogP contribution in [0.25, 0.3) is 11.3 Å². The van der Waals surface area contributed by atoms with E-state index in [0.29, 0.717) is 24.4 Å². The number of pyridine rings is 1. The van der Waals surface area contributed by atoms with Crippen molar-refractivity contribution < 1.29 is 23.1 Å². The van der Waals surface area contributed by atoms with Gasteiger partial charge >= 0.3 is 6.18 Å². The van der Waals surface area contributed by atoms with Crippen LogP contribution in [0.1, 0.15) is 60.3 Å². The van der Waals surface area contributed by atoms with Gasteiger partial charge in [-0.3, -0.25) is 19.1 Å². The zero-order valence-electron chi connectivity index (χ0n) is 17.8. The highest BCUT2D eigenvalue weighted by molar-refractivity contribution is 5.93. The van der Waals surface area contributed by atoms with Crippen molar-refractivity contribution in [3.05, 3.63) is 53.2 Å². The van der Waals surface area contributed by atoms with Gasteiger partial charge in [-0.15, -0.1) is 0 Å². The van der Waals surface area contributed by atoms with E-state index in [4.69, 9.17) is 0 Å². The molecule has 3 aromatic rings. The molecule has 0 spiro atoms. The van der Waals surface area contributed by atoms with Crippen LogP contribution in [0.2, 0.25) is 0 Å². The number of aryl methyl sites for hydroxylation is 2. The molecule has 170 valence electrons. The highest BCUT2D eigenvalue weighted by Gasteiger charge is 2.36. The maximum atomic E-state index is 12.9. The molecular weight excluding hydrogens is 425 g/mol. The smallest absolute Gasteiger partial charge is 0.384 e. The third-order valence-electron chi connectivity index (χ3n) is 5.42. The third-order valence-corrected chi connectivity index (χ3v) is 5.42. The molecule has 0 aromatic carbocycles. The van der Waals surface area contributed by atoms with Crippen LogP contribution in [0, 0.1) is 0 Å². The first-order chi connectivity index (χ1) is 14.9. The Morgan fingerprint density at radius 1 is 1.19 bits per heavy atom. The van der Waals surface area contributed by atoms with Crippen molar-refractivity contribution in [3.8, 4) is 11.3 Å². The summed E-state index contributed by atoms with van der Waals surface area (Å²) in [5.41, 5.74) is 0.311. The minimum atomic E-state index is -4.62. The number of hydrogen-bond donors (Lipinski definition) is 2. The van der Waals surface area contributed by atoms with Gasteiger partial charge in [-0.05, 0) is 44.9 Å². The largest absolute Gasteiger partial charge is 0.435 e. The lowest BCUT2D eigenvalue weighted by molar-refractivity contribution is -0.141. The van der Waals surface area contributed by atoms with Crippen molar-refractivity contribution in [1.29, 1.82) is 0 Å². The number of nitrogens with zero attached hydrogens (tertiary/aromatic N) is 5. The molecule has 4 rings (SSSR count). The summed E-state index contributed by atoms with van der Waals surface area (Å²) in [6.45, 7) is 3.95. The number of aromatic nitrogens is 5. The minimum Gasteiger partial charge on any atom is -0.384 e. The molecule has 32 heavy (non-hydrogen) atoms. The van der Waals surface area contributed by atoms with Gasteiger partial charge in [-0.2, -0.15) is 23.4 Å². The van der Waals surface area contributed by atoms with Crippen LogP contribution in [0.5, 0.6) is 0 Å². The van der Waals surface area contributed by atoms with Crippen molar-refractivity contribution in [2.24, 2.45) is 7.05 Å². The fourth-order valence-electron chi connectivity index (χ4n) is 3.75. The highest BCUT2D eigenvalue weighted by Crippen LogP contribution is 2.31. The molecule has 0 radical (unpaired) electrons. The number of fused-ring (bicyclic) bond motifs is 1. The van der Waals surface area contributed by atoms with E-state index >= 15 is 0 Å². The molecule has 4 heterocycles. The highest BCUT2D eigenvalue weighted by atomic mass is 19.4. The molecule has 0 aliphatic carbocycles. The normalized spacial score (nSPS) is 16.7. The van der Waals surface area contributed by atoms with Gasteiger partial charge in [0, 0.05) is 31.4 Å². The fourth-order valence-corrected chi connectivity index (χ4v) is 3.75. The van der Waals surface area contributed by atoms with Gasteiger partial charge in [-0.1, -0.05) is 0 Å². The van der Waals surface area contributed by atoms with Crippen molar-refractivity contribution in [3.63, 3.8) is 0 Å². The number of carbonyl (C=O) groups is 1. The second-order valence-electron chi connectivity index (χ2n) is 8.37. The summed E-state index contributed by atoms with van der Waals surface area (Å²) in [6.07, 6.45) is -1.64. The quantitative estimate of drug-likeness (QED) is 0.639. The summed E-state index contributed by atoms with van der Waals surface area (Å²) in [4.78, 5) is 16.9. The van der Waals surface area contributed by atoms with Gasteiger partial charge in [0.2, 0.25) is 0 Å². The van der Waals surface area contributed by atoms with Gasteiger partial charge in [0.05, 0.1) is 23.1 Å². The third kappa shape index (κ3) is 4.24. The first-order valence-electron chi connectivity index (χ1n) is 10.1. The SMILES string of the molecule is Cn1nc(C(F)(F)F)cc1C(=O)NC1CCCn2nc(-c3ccnc(C(C)(C)O)c3)cc21. The van der Waals surface area contributed by atoms with E-state index in [9.17, 15) is 23.1 Å². The van der Waals surface area contributed by atoms with Crippen LogP contribution >= 0.6 is 0 Å². The zero-order valence-corrected chi connectivity index (χ0v) is 17.8. The molecule has 2 N–H and O–H groups in total. The van der Waals surface area contributed by atoms with E-state index in [0.717, 1.165) is 28.4 Å². The van der Waals surface area contributed by atoms with Crippen molar-refractivity contribution in [1.82, 2.24) is 29.9 Å². The average Bonchev–Trinajstić information content (AvgIpc) is 3.32. The molecule has 0 fully saturated rings. The summed E-state index contributed by atoms with van der Waals surface area (Å²) >= 11 is 0. The number of rotatable bonds is 4. The summed E-state index contributed by atoms with van der Waals surface area (Å²) in [5, 5.41) is 21.1. The molecule has 1 atom stereocenters. The van der Waals surface area contributed by atoms with E-state index in [1.807, 2.05) is 6.07 Å². The van der Waals surface area contributed by atoms with E-state index in [1.165, 1.54) is 7.05 Å². The van der Waals surface area contributed by atoms with Gasteiger partial charge in [0.15, 0.2) is 5.69 Å². The first kappa shape index (κ1) is 22.0. The summed E-state index contributed by atoms with van der Waals surface area (Å²) in [7, 11) is 1.30. The Morgan fingerprint density at radius 3 is 2.59 bits per heavy atom. The van der Waals surface area contributed by atoms with E-state index < -0.39 is 29.4 Å². The van der Waals surface area contributed by atoms with E-state index in [2.05, 4.69) is 20.5 Å². The molecule has 11 heteroatoms. The van der Waals surface area contributed by atoms with Crippen LogP contribution in [-0.4, -0.2) is 35.6 Å². The van der Waals surface area contributed by atoms with E-state index in [-0.39, 0.29) is 5.69 Å². The maximum Gasteiger partial charge on any atom is 0.435 e. The van der Waals surface area contributed by atoms with Gasteiger partial charge in [0.25, 0.3) is 5.91 Å². The van der Waals surface area contributed by atoms with Crippen LogP contribution in [0.3, 0.4) is 0 Å². The lowest BCUT2D eigenvalue weighted by Crippen LogP contribution is -2.33. The topological polar surface area (TPSA) is 97.9 Å². The molecule has 1 aliphatic heterocycles. The van der Waals surface area contributed by atoms with Gasteiger partial charge in [0.1, 0.15) is 11.3 Å². The Morgan fingerprint density at radius 2 is 1.94 bits per heavy atom. The van der Waals surface area contributed by atoms with Gasteiger partial charge < -0.3 is 10.4 Å².